The summed E-state index contributed by atoms with van der Waals surface area (Å²) in [5, 5.41) is 12.0. The molecule has 0 aliphatic rings. The number of carbonyl (C=O) groups excluding carboxylic acids is 1. The quantitative estimate of drug-likeness (QED) is 0.353. The van der Waals surface area contributed by atoms with Gasteiger partial charge in [-0.05, 0) is 41.5 Å². The lowest BCUT2D eigenvalue weighted by molar-refractivity contribution is -0.121. The van der Waals surface area contributed by atoms with E-state index in [0.29, 0.717) is 18.1 Å². The zero-order valence-corrected chi connectivity index (χ0v) is 16.9. The van der Waals surface area contributed by atoms with Crippen molar-refractivity contribution in [1.82, 2.24) is 20.4 Å². The van der Waals surface area contributed by atoms with Crippen LogP contribution >= 0.6 is 0 Å². The van der Waals surface area contributed by atoms with Crippen LogP contribution in [0.3, 0.4) is 0 Å². The third-order valence-electron chi connectivity index (χ3n) is 4.54. The summed E-state index contributed by atoms with van der Waals surface area (Å²) in [4.78, 5) is 12.2. The Hall–Kier alpha value is -4.20. The van der Waals surface area contributed by atoms with Crippen molar-refractivity contribution in [3.05, 3.63) is 83.9 Å². The van der Waals surface area contributed by atoms with Gasteiger partial charge in [0.2, 0.25) is 0 Å². The van der Waals surface area contributed by atoms with Crippen LogP contribution in [0, 0.1) is 0 Å². The summed E-state index contributed by atoms with van der Waals surface area (Å²) in [6, 6.07) is 22.8. The van der Waals surface area contributed by atoms with E-state index in [1.165, 1.54) is 4.68 Å². The minimum Gasteiger partial charge on any atom is -0.493 e. The number of benzene rings is 3. The molecule has 0 saturated carbocycles. The largest absolute Gasteiger partial charge is 0.493 e. The summed E-state index contributed by atoms with van der Waals surface area (Å²) in [6.07, 6.45) is 1.54. The van der Waals surface area contributed by atoms with Crippen molar-refractivity contribution < 1.29 is 14.3 Å². The molecule has 0 aliphatic carbocycles. The van der Waals surface area contributed by atoms with Crippen LogP contribution in [0.1, 0.15) is 11.1 Å². The molecule has 1 amide bonds. The number of hydrazone groups is 1. The predicted molar refractivity (Wildman–Crippen MR) is 117 cm³/mol. The van der Waals surface area contributed by atoms with Crippen molar-refractivity contribution in [2.24, 2.45) is 5.10 Å². The first-order valence-corrected chi connectivity index (χ1v) is 9.68. The maximum atomic E-state index is 12.2. The van der Waals surface area contributed by atoms with Gasteiger partial charge in [0.1, 0.15) is 18.7 Å². The number of nitrogens with zero attached hydrogens (tertiary/aromatic N) is 4. The van der Waals surface area contributed by atoms with E-state index in [9.17, 15) is 4.79 Å². The first-order valence-electron chi connectivity index (χ1n) is 9.68. The number of aromatic nitrogens is 3. The number of nitrogens with one attached hydrogen (secondary N) is 1. The standard InChI is InChI=1S/C23H21N5O3/c1-30-22-13-18(11-12-21(22)31-16-17-7-3-2-4-8-17)14-24-26-23(29)15-28-20-10-6-5-9-19(20)25-27-28/h2-14H,15-16H2,1H3,(H,26,29)/b24-14-. The number of para-hydroxylation sites is 1. The highest BCUT2D eigenvalue weighted by atomic mass is 16.5. The lowest BCUT2D eigenvalue weighted by Crippen LogP contribution is -2.23. The van der Waals surface area contributed by atoms with Gasteiger partial charge in [0.25, 0.3) is 5.91 Å². The van der Waals surface area contributed by atoms with Crippen LogP contribution in [-0.2, 0) is 17.9 Å². The molecule has 0 spiro atoms. The maximum absolute atomic E-state index is 12.2. The summed E-state index contributed by atoms with van der Waals surface area (Å²) in [5.74, 6) is 0.910. The fourth-order valence-corrected chi connectivity index (χ4v) is 3.00. The number of methoxy groups -OCH3 is 1. The van der Waals surface area contributed by atoms with Crippen LogP contribution in [-0.4, -0.2) is 34.2 Å². The van der Waals surface area contributed by atoms with Gasteiger partial charge in [0, 0.05) is 0 Å². The minimum atomic E-state index is -0.304. The second-order valence-corrected chi connectivity index (χ2v) is 6.71. The average molecular weight is 415 g/mol. The Morgan fingerprint density at radius 3 is 2.71 bits per heavy atom. The van der Waals surface area contributed by atoms with E-state index in [-0.39, 0.29) is 12.5 Å². The summed E-state index contributed by atoms with van der Waals surface area (Å²) < 4.78 is 12.8. The van der Waals surface area contributed by atoms with Crippen molar-refractivity contribution in [3.63, 3.8) is 0 Å². The van der Waals surface area contributed by atoms with Crippen molar-refractivity contribution in [1.29, 1.82) is 0 Å². The van der Waals surface area contributed by atoms with Gasteiger partial charge in [0.15, 0.2) is 11.5 Å². The lowest BCUT2D eigenvalue weighted by atomic mass is 10.2. The molecule has 8 nitrogen and oxygen atoms in total. The highest BCUT2D eigenvalue weighted by molar-refractivity contribution is 5.84. The molecule has 1 N–H and O–H groups in total. The van der Waals surface area contributed by atoms with E-state index in [0.717, 1.165) is 22.2 Å². The van der Waals surface area contributed by atoms with Crippen LogP contribution in [0.25, 0.3) is 11.0 Å². The van der Waals surface area contributed by atoms with Gasteiger partial charge in [-0.2, -0.15) is 5.10 Å². The van der Waals surface area contributed by atoms with Gasteiger partial charge in [-0.15, -0.1) is 5.10 Å². The Balaban J connectivity index is 1.35. The second kappa shape index (κ2) is 9.53. The van der Waals surface area contributed by atoms with Crippen molar-refractivity contribution in [2.75, 3.05) is 7.11 Å². The highest BCUT2D eigenvalue weighted by Crippen LogP contribution is 2.28. The molecule has 1 heterocycles. The van der Waals surface area contributed by atoms with Crippen LogP contribution in [0.2, 0.25) is 0 Å². The van der Waals surface area contributed by atoms with Crippen LogP contribution in [0.15, 0.2) is 77.9 Å². The number of fused-ring (bicyclic) bond motifs is 1. The van der Waals surface area contributed by atoms with Gasteiger partial charge in [-0.25, -0.2) is 10.1 Å². The Labute approximate surface area is 179 Å². The number of amides is 1. The third kappa shape index (κ3) is 5.05. The summed E-state index contributed by atoms with van der Waals surface area (Å²) in [5.41, 5.74) is 5.86. The second-order valence-electron chi connectivity index (χ2n) is 6.71. The number of hydrogen-bond donors (Lipinski definition) is 1. The molecule has 1 aromatic heterocycles. The van der Waals surface area contributed by atoms with Crippen molar-refractivity contribution >= 4 is 23.2 Å². The SMILES string of the molecule is COc1cc(/C=N\NC(=O)Cn2nnc3ccccc32)ccc1OCc1ccccc1. The lowest BCUT2D eigenvalue weighted by Gasteiger charge is -2.11. The molecule has 8 heteroatoms. The molecular weight excluding hydrogens is 394 g/mol. The Bertz CT molecular complexity index is 1200. The summed E-state index contributed by atoms with van der Waals surface area (Å²) in [6.45, 7) is 0.463. The van der Waals surface area contributed by atoms with Gasteiger partial charge in [-0.1, -0.05) is 47.7 Å². The van der Waals surface area contributed by atoms with E-state index in [4.69, 9.17) is 9.47 Å². The van der Waals surface area contributed by atoms with Gasteiger partial charge >= 0.3 is 0 Å². The first kappa shape index (κ1) is 20.1. The molecule has 3 aromatic carbocycles. The van der Waals surface area contributed by atoms with Gasteiger partial charge in [0.05, 0.1) is 18.8 Å². The smallest absolute Gasteiger partial charge is 0.261 e. The minimum absolute atomic E-state index is 0.0213. The van der Waals surface area contributed by atoms with Crippen molar-refractivity contribution in [2.45, 2.75) is 13.2 Å². The predicted octanol–water partition coefficient (Wildman–Crippen LogP) is 3.17. The number of hydrogen-bond acceptors (Lipinski definition) is 6. The average Bonchev–Trinajstić information content (AvgIpc) is 3.21. The van der Waals surface area contributed by atoms with Gasteiger partial charge < -0.3 is 9.47 Å². The molecule has 0 radical (unpaired) electrons. The molecule has 0 unspecified atom stereocenters. The van der Waals surface area contributed by atoms with E-state index in [2.05, 4.69) is 20.8 Å². The summed E-state index contributed by atoms with van der Waals surface area (Å²) in [7, 11) is 1.58. The molecule has 156 valence electrons. The van der Waals surface area contributed by atoms with E-state index in [1.54, 1.807) is 19.4 Å². The molecule has 0 saturated heterocycles. The molecular formula is C23H21N5O3. The zero-order valence-electron chi connectivity index (χ0n) is 16.9. The van der Waals surface area contributed by atoms with E-state index < -0.39 is 0 Å². The number of rotatable bonds is 8. The summed E-state index contributed by atoms with van der Waals surface area (Å²) >= 11 is 0. The molecule has 0 fully saturated rings. The molecule has 0 bridgehead atoms. The fraction of sp³-hybridized carbons (Fsp3) is 0.130. The number of carbonyl (C=O) groups is 1. The molecule has 0 atom stereocenters. The van der Waals surface area contributed by atoms with Crippen LogP contribution in [0.5, 0.6) is 11.5 Å². The highest BCUT2D eigenvalue weighted by Gasteiger charge is 2.08. The number of ether oxygens (including phenoxy) is 2. The monoisotopic (exact) mass is 415 g/mol. The van der Waals surface area contributed by atoms with Crippen LogP contribution in [0.4, 0.5) is 0 Å². The third-order valence-corrected chi connectivity index (χ3v) is 4.54. The Kier molecular flexibility index (Phi) is 6.18. The fourth-order valence-electron chi connectivity index (χ4n) is 3.00. The molecule has 31 heavy (non-hydrogen) atoms. The van der Waals surface area contributed by atoms with E-state index in [1.807, 2.05) is 66.7 Å². The normalized spacial score (nSPS) is 11.0. The molecule has 4 aromatic rings. The van der Waals surface area contributed by atoms with E-state index >= 15 is 0 Å². The van der Waals surface area contributed by atoms with Gasteiger partial charge in [-0.3, -0.25) is 4.79 Å². The Morgan fingerprint density at radius 1 is 1.06 bits per heavy atom. The topological polar surface area (TPSA) is 90.6 Å². The first-order chi connectivity index (χ1) is 15.2. The molecule has 4 rings (SSSR count). The Morgan fingerprint density at radius 2 is 1.87 bits per heavy atom. The van der Waals surface area contributed by atoms with Crippen LogP contribution < -0.4 is 14.9 Å². The van der Waals surface area contributed by atoms with Crippen molar-refractivity contribution in [3.8, 4) is 11.5 Å². The molecule has 0 aliphatic heterocycles. The maximum Gasteiger partial charge on any atom is 0.261 e. The zero-order chi connectivity index (χ0) is 21.5.